The van der Waals surface area contributed by atoms with Gasteiger partial charge in [-0.15, -0.1) is 24.8 Å². The second-order valence-corrected chi connectivity index (χ2v) is 5.72. The van der Waals surface area contributed by atoms with Crippen LogP contribution in [0.15, 0.2) is 12.1 Å². The molecule has 1 heterocycles. The maximum atomic E-state index is 14.1. The molecule has 0 spiro atoms. The van der Waals surface area contributed by atoms with Crippen LogP contribution >= 0.6 is 24.8 Å². The molecule has 0 amide bonds. The Morgan fingerprint density at radius 3 is 2.23 bits per heavy atom. The molecular formula is C15H24Cl2F2N2O. The van der Waals surface area contributed by atoms with E-state index in [0.29, 0.717) is 12.3 Å². The predicted molar refractivity (Wildman–Crippen MR) is 89.2 cm³/mol. The van der Waals surface area contributed by atoms with Crippen LogP contribution in [-0.4, -0.2) is 36.2 Å². The Hall–Kier alpha value is -0.620. The van der Waals surface area contributed by atoms with Crippen LogP contribution in [0.2, 0.25) is 0 Å². The average molecular weight is 357 g/mol. The topological polar surface area (TPSA) is 35.5 Å². The molecule has 0 saturated carbocycles. The molecule has 2 rings (SSSR count). The van der Waals surface area contributed by atoms with Crippen LogP contribution in [0.5, 0.6) is 5.75 Å². The number of phenolic OH excluding ortho intramolecular Hbond substituents is 1. The van der Waals surface area contributed by atoms with Crippen LogP contribution in [0.1, 0.15) is 31.9 Å². The van der Waals surface area contributed by atoms with Crippen LogP contribution < -0.4 is 5.32 Å². The van der Waals surface area contributed by atoms with Gasteiger partial charge in [-0.2, -0.15) is 0 Å². The largest absolute Gasteiger partial charge is 0.505 e. The van der Waals surface area contributed by atoms with Crippen molar-refractivity contribution < 1.29 is 13.9 Å². The number of piperazine rings is 1. The fraction of sp³-hybridized carbons (Fsp3) is 0.600. The van der Waals surface area contributed by atoms with Crippen molar-refractivity contribution in [3.05, 3.63) is 29.3 Å². The molecule has 2 N–H and O–H groups in total. The van der Waals surface area contributed by atoms with E-state index in [0.717, 1.165) is 38.3 Å². The average Bonchev–Trinajstić information content (AvgIpc) is 2.43. The molecule has 3 nitrogen and oxygen atoms in total. The molecule has 1 aromatic carbocycles. The van der Waals surface area contributed by atoms with Crippen LogP contribution in [0.25, 0.3) is 0 Å². The van der Waals surface area contributed by atoms with Gasteiger partial charge in [-0.25, -0.2) is 8.78 Å². The van der Waals surface area contributed by atoms with E-state index < -0.39 is 17.4 Å². The van der Waals surface area contributed by atoms with Crippen LogP contribution in [0.3, 0.4) is 0 Å². The summed E-state index contributed by atoms with van der Waals surface area (Å²) >= 11 is 0. The van der Waals surface area contributed by atoms with E-state index in [1.807, 2.05) is 13.8 Å². The standard InChI is InChI=1S/C15H22F2N2O.2ClH/c1-10(2)9-13(19-7-5-18-6-8-19)14-11(16)3-4-12(17)15(14)20;;/h3-4,10,13,18,20H,5-9H2,1-2H3;2*1H/t13-;;/m0../s1. The number of aromatic hydroxyl groups is 1. The first kappa shape index (κ1) is 21.4. The molecule has 0 aliphatic carbocycles. The first-order valence-corrected chi connectivity index (χ1v) is 7.12. The van der Waals surface area contributed by atoms with Gasteiger partial charge in [0.1, 0.15) is 5.82 Å². The van der Waals surface area contributed by atoms with Gasteiger partial charge >= 0.3 is 0 Å². The molecule has 1 atom stereocenters. The first-order valence-electron chi connectivity index (χ1n) is 7.12. The monoisotopic (exact) mass is 356 g/mol. The highest BCUT2D eigenvalue weighted by Crippen LogP contribution is 2.37. The fourth-order valence-electron chi connectivity index (χ4n) is 2.76. The molecule has 7 heteroatoms. The van der Waals surface area contributed by atoms with Crippen molar-refractivity contribution in [2.45, 2.75) is 26.3 Å². The van der Waals surface area contributed by atoms with Crippen LogP contribution in [0.4, 0.5) is 8.78 Å². The second kappa shape index (κ2) is 9.50. The van der Waals surface area contributed by atoms with Gasteiger partial charge in [0.2, 0.25) is 0 Å². The number of hydrogen-bond acceptors (Lipinski definition) is 3. The second-order valence-electron chi connectivity index (χ2n) is 5.72. The van der Waals surface area contributed by atoms with Gasteiger partial charge < -0.3 is 10.4 Å². The maximum Gasteiger partial charge on any atom is 0.165 e. The lowest BCUT2D eigenvalue weighted by Crippen LogP contribution is -2.45. The minimum atomic E-state index is -0.759. The third-order valence-corrected chi connectivity index (χ3v) is 3.73. The van der Waals surface area contributed by atoms with Gasteiger partial charge in [-0.05, 0) is 24.5 Å². The lowest BCUT2D eigenvalue weighted by atomic mass is 9.93. The molecule has 1 aliphatic rings. The summed E-state index contributed by atoms with van der Waals surface area (Å²) in [5, 5.41) is 13.2. The van der Waals surface area contributed by atoms with Crippen LogP contribution in [-0.2, 0) is 0 Å². The molecule has 0 radical (unpaired) electrons. The lowest BCUT2D eigenvalue weighted by molar-refractivity contribution is 0.147. The third kappa shape index (κ3) is 4.95. The summed E-state index contributed by atoms with van der Waals surface area (Å²) in [5.41, 5.74) is 0.0978. The van der Waals surface area contributed by atoms with E-state index in [1.165, 1.54) is 0 Å². The Balaban J connectivity index is 0.00000220. The zero-order chi connectivity index (χ0) is 14.7. The molecular weight excluding hydrogens is 333 g/mol. The number of nitrogens with one attached hydrogen (secondary N) is 1. The number of benzene rings is 1. The SMILES string of the molecule is CC(C)C[C@@H](c1c(F)ccc(F)c1O)N1CCNCC1.Cl.Cl. The van der Waals surface area contributed by atoms with Crippen molar-refractivity contribution in [2.75, 3.05) is 26.2 Å². The maximum absolute atomic E-state index is 14.1. The number of hydrogen-bond donors (Lipinski definition) is 2. The summed E-state index contributed by atoms with van der Waals surface area (Å²) in [7, 11) is 0. The molecule has 0 aromatic heterocycles. The summed E-state index contributed by atoms with van der Waals surface area (Å²) < 4.78 is 27.7. The van der Waals surface area contributed by atoms with E-state index >= 15 is 0 Å². The zero-order valence-corrected chi connectivity index (χ0v) is 14.4. The smallest absolute Gasteiger partial charge is 0.165 e. The number of phenols is 1. The van der Waals surface area contributed by atoms with Crippen molar-refractivity contribution in [1.29, 1.82) is 0 Å². The van der Waals surface area contributed by atoms with Gasteiger partial charge in [0.15, 0.2) is 11.6 Å². The Bertz CT molecular complexity index is 469. The molecule has 22 heavy (non-hydrogen) atoms. The van der Waals surface area contributed by atoms with Crippen molar-refractivity contribution in [3.63, 3.8) is 0 Å². The van der Waals surface area contributed by atoms with Crippen molar-refractivity contribution in [3.8, 4) is 5.75 Å². The van der Waals surface area contributed by atoms with E-state index in [-0.39, 0.29) is 36.4 Å². The van der Waals surface area contributed by atoms with Crippen molar-refractivity contribution >= 4 is 24.8 Å². The van der Waals surface area contributed by atoms with E-state index in [2.05, 4.69) is 10.2 Å². The highest BCUT2D eigenvalue weighted by Gasteiger charge is 2.29. The molecule has 1 saturated heterocycles. The third-order valence-electron chi connectivity index (χ3n) is 3.73. The van der Waals surface area contributed by atoms with Gasteiger partial charge in [0, 0.05) is 37.8 Å². The highest BCUT2D eigenvalue weighted by atomic mass is 35.5. The predicted octanol–water partition coefficient (Wildman–Crippen LogP) is 3.51. The quantitative estimate of drug-likeness (QED) is 0.866. The minimum absolute atomic E-state index is 0. The Morgan fingerprint density at radius 1 is 1.14 bits per heavy atom. The van der Waals surface area contributed by atoms with Gasteiger partial charge in [0.05, 0.1) is 0 Å². The molecule has 1 aromatic rings. The van der Waals surface area contributed by atoms with Gasteiger partial charge in [0.25, 0.3) is 0 Å². The Morgan fingerprint density at radius 2 is 1.68 bits per heavy atom. The van der Waals surface area contributed by atoms with Crippen LogP contribution in [0, 0.1) is 17.6 Å². The fourth-order valence-corrected chi connectivity index (χ4v) is 2.76. The molecule has 128 valence electrons. The van der Waals surface area contributed by atoms with Crippen molar-refractivity contribution in [1.82, 2.24) is 10.2 Å². The minimum Gasteiger partial charge on any atom is -0.505 e. The van der Waals surface area contributed by atoms with E-state index in [1.54, 1.807) is 0 Å². The normalized spacial score (nSPS) is 16.8. The lowest BCUT2D eigenvalue weighted by Gasteiger charge is -2.36. The molecule has 0 unspecified atom stereocenters. The number of nitrogens with zero attached hydrogens (tertiary/aromatic N) is 1. The zero-order valence-electron chi connectivity index (χ0n) is 12.8. The first-order chi connectivity index (χ1) is 9.50. The summed E-state index contributed by atoms with van der Waals surface area (Å²) in [6.45, 7) is 7.28. The summed E-state index contributed by atoms with van der Waals surface area (Å²) in [6, 6.07) is 1.78. The number of rotatable bonds is 4. The number of halogens is 4. The summed E-state index contributed by atoms with van der Waals surface area (Å²) in [6.07, 6.45) is 0.688. The highest BCUT2D eigenvalue weighted by molar-refractivity contribution is 5.85. The molecule has 0 bridgehead atoms. The molecule has 1 fully saturated rings. The molecule has 1 aliphatic heterocycles. The summed E-state index contributed by atoms with van der Waals surface area (Å²) in [4.78, 5) is 2.12. The van der Waals surface area contributed by atoms with Gasteiger partial charge in [-0.3, -0.25) is 4.90 Å². The Labute approximate surface area is 142 Å². The van der Waals surface area contributed by atoms with Gasteiger partial charge in [-0.1, -0.05) is 13.8 Å². The van der Waals surface area contributed by atoms with E-state index in [4.69, 9.17) is 0 Å². The van der Waals surface area contributed by atoms with Crippen molar-refractivity contribution in [2.24, 2.45) is 5.92 Å². The summed E-state index contributed by atoms with van der Waals surface area (Å²) in [5.74, 6) is -1.51. The van der Waals surface area contributed by atoms with E-state index in [9.17, 15) is 13.9 Å². The Kier molecular flexibility index (Phi) is 9.24.